The van der Waals surface area contributed by atoms with Crippen molar-refractivity contribution < 1.29 is 33.2 Å². The first-order valence-corrected chi connectivity index (χ1v) is 16.1. The van der Waals surface area contributed by atoms with Gasteiger partial charge < -0.3 is 28.4 Å². The molecule has 1 heterocycles. The van der Waals surface area contributed by atoms with E-state index >= 15 is 0 Å². The molecule has 4 aromatic rings. The number of benzene rings is 4. The zero-order valence-corrected chi connectivity index (χ0v) is 27.5. The molecule has 1 aliphatic rings. The van der Waals surface area contributed by atoms with E-state index in [-0.39, 0.29) is 26.4 Å². The van der Waals surface area contributed by atoms with Gasteiger partial charge in [-0.25, -0.2) is 4.79 Å². The number of esters is 1. The molecule has 5 rings (SSSR count). The van der Waals surface area contributed by atoms with Gasteiger partial charge >= 0.3 is 5.97 Å². The van der Waals surface area contributed by atoms with E-state index < -0.39 is 46.4 Å². The molecule has 8 nitrogen and oxygen atoms in total. The molecule has 1 N–H and O–H groups in total. The van der Waals surface area contributed by atoms with Gasteiger partial charge in [-0.2, -0.15) is 0 Å². The maximum absolute atomic E-state index is 13.8. The molecule has 1 fully saturated rings. The van der Waals surface area contributed by atoms with E-state index in [1.807, 2.05) is 121 Å². The van der Waals surface area contributed by atoms with Gasteiger partial charge in [0.15, 0.2) is 6.10 Å². The van der Waals surface area contributed by atoms with Crippen LogP contribution in [0.1, 0.15) is 22.3 Å². The van der Waals surface area contributed by atoms with Crippen LogP contribution in [0.3, 0.4) is 0 Å². The van der Waals surface area contributed by atoms with Crippen molar-refractivity contribution in [2.45, 2.75) is 60.9 Å². The number of hydrogen-bond acceptors (Lipinski definition) is 8. The molecule has 0 spiro atoms. The first-order valence-electron chi connectivity index (χ1n) is 14.9. The highest BCUT2D eigenvalue weighted by Gasteiger charge is 2.53. The third kappa shape index (κ3) is 10.3. The summed E-state index contributed by atoms with van der Waals surface area (Å²) in [4.78, 5) is 13.8. The average molecular weight is 699 g/mol. The van der Waals surface area contributed by atoms with Crippen LogP contribution >= 0.6 is 34.8 Å². The summed E-state index contributed by atoms with van der Waals surface area (Å²) in [6.45, 7) is 0.380. The topological polar surface area (TPSA) is 96.3 Å². The van der Waals surface area contributed by atoms with Crippen molar-refractivity contribution >= 4 is 46.7 Å². The van der Waals surface area contributed by atoms with Crippen LogP contribution in [0.2, 0.25) is 0 Å². The lowest BCUT2D eigenvalue weighted by Crippen LogP contribution is -2.63. The average Bonchev–Trinajstić information content (AvgIpc) is 3.09. The van der Waals surface area contributed by atoms with Gasteiger partial charge in [-0.05, 0) is 22.3 Å². The summed E-state index contributed by atoms with van der Waals surface area (Å²) in [5.74, 6) is -1.45. The Morgan fingerprint density at radius 3 is 1.40 bits per heavy atom. The Balaban J connectivity index is 1.50. The fourth-order valence-electron chi connectivity index (χ4n) is 4.94. The number of nitrogens with one attached hydrogen (secondary N) is 1. The molecule has 1 aliphatic heterocycles. The van der Waals surface area contributed by atoms with Crippen LogP contribution in [-0.2, 0) is 59.6 Å². The SMILES string of the molecule is N=C(O[C@H]1O[C@H](C(=O)OCc2ccccc2)[C@@H](OCc2ccccc2)[C@H](OCc2ccccc2)[C@H]1OCc1ccccc1)C(Cl)(Cl)Cl. The van der Waals surface area contributed by atoms with Gasteiger partial charge in [0.1, 0.15) is 24.9 Å². The molecular weight excluding hydrogens is 665 g/mol. The molecule has 11 heteroatoms. The summed E-state index contributed by atoms with van der Waals surface area (Å²) in [6, 6.07) is 37.7. The maximum Gasteiger partial charge on any atom is 0.338 e. The standard InChI is InChI=1S/C36H34Cl3NO7/c37-36(38,39)35(40)47-34-32(44-23-27-17-9-3-10-18-27)30(43-22-26-15-7-2-8-16-26)29(42-21-25-13-5-1-6-14-25)31(46-34)33(41)45-24-28-19-11-4-12-20-28/h1-20,29-32,34,40H,21-24H2/t29-,30-,31-,32+,34+/m0/s1. The fraction of sp³-hybridized carbons (Fsp3) is 0.278. The second-order valence-electron chi connectivity index (χ2n) is 10.7. The molecule has 4 aromatic carbocycles. The Morgan fingerprint density at radius 1 is 0.596 bits per heavy atom. The number of halogens is 3. The van der Waals surface area contributed by atoms with Gasteiger partial charge in [0, 0.05) is 0 Å². The van der Waals surface area contributed by atoms with E-state index in [4.69, 9.17) is 68.6 Å². The lowest BCUT2D eigenvalue weighted by Gasteiger charge is -2.45. The molecule has 0 saturated carbocycles. The quantitative estimate of drug-likeness (QED) is 0.0666. The Hall–Kier alpha value is -3.47. The molecule has 0 radical (unpaired) electrons. The van der Waals surface area contributed by atoms with Crippen molar-refractivity contribution in [2.75, 3.05) is 0 Å². The van der Waals surface area contributed by atoms with E-state index in [9.17, 15) is 4.79 Å². The summed E-state index contributed by atoms with van der Waals surface area (Å²) < 4.78 is 34.9. The molecule has 246 valence electrons. The van der Waals surface area contributed by atoms with E-state index in [1.165, 1.54) is 0 Å². The third-order valence-electron chi connectivity index (χ3n) is 7.30. The zero-order valence-electron chi connectivity index (χ0n) is 25.3. The Labute approximate surface area is 288 Å². The largest absolute Gasteiger partial charge is 0.459 e. The zero-order chi connectivity index (χ0) is 33.1. The van der Waals surface area contributed by atoms with E-state index in [0.717, 1.165) is 22.3 Å². The van der Waals surface area contributed by atoms with Crippen LogP contribution < -0.4 is 0 Å². The molecule has 47 heavy (non-hydrogen) atoms. The highest BCUT2D eigenvalue weighted by molar-refractivity contribution is 6.76. The lowest BCUT2D eigenvalue weighted by molar-refractivity contribution is -0.305. The molecule has 1 saturated heterocycles. The molecule has 0 aromatic heterocycles. The minimum Gasteiger partial charge on any atom is -0.459 e. The highest BCUT2D eigenvalue weighted by atomic mass is 35.6. The van der Waals surface area contributed by atoms with E-state index in [2.05, 4.69) is 0 Å². The minimum absolute atomic E-state index is 0.0100. The number of hydrogen-bond donors (Lipinski definition) is 1. The summed E-state index contributed by atoms with van der Waals surface area (Å²) in [5.41, 5.74) is 3.38. The normalized spacial score (nSPS) is 21.1. The summed E-state index contributed by atoms with van der Waals surface area (Å²) in [5, 5.41) is 8.33. The van der Waals surface area contributed by atoms with Crippen LogP contribution in [0.4, 0.5) is 0 Å². The second-order valence-corrected chi connectivity index (χ2v) is 13.0. The van der Waals surface area contributed by atoms with Gasteiger partial charge in [0.05, 0.1) is 19.8 Å². The number of rotatable bonds is 13. The molecule has 0 amide bonds. The maximum atomic E-state index is 13.8. The van der Waals surface area contributed by atoms with E-state index in [1.54, 1.807) is 0 Å². The van der Waals surface area contributed by atoms with Gasteiger partial charge in [-0.3, -0.25) is 5.41 Å². The van der Waals surface area contributed by atoms with Crippen molar-refractivity contribution in [3.8, 4) is 0 Å². The first-order chi connectivity index (χ1) is 22.8. The molecular formula is C36H34Cl3NO7. The minimum atomic E-state index is -2.21. The monoisotopic (exact) mass is 697 g/mol. The van der Waals surface area contributed by atoms with Crippen LogP contribution in [0, 0.1) is 5.41 Å². The number of alkyl halides is 3. The molecule has 5 atom stereocenters. The number of carbonyl (C=O) groups excluding carboxylic acids is 1. The van der Waals surface area contributed by atoms with Gasteiger partial charge in [-0.1, -0.05) is 156 Å². The molecule has 0 aliphatic carbocycles. The van der Waals surface area contributed by atoms with Gasteiger partial charge in [-0.15, -0.1) is 0 Å². The summed E-state index contributed by atoms with van der Waals surface area (Å²) >= 11 is 18.0. The summed E-state index contributed by atoms with van der Waals surface area (Å²) in [6.07, 6.45) is -5.85. The van der Waals surface area contributed by atoms with Crippen molar-refractivity contribution in [1.29, 1.82) is 5.41 Å². The van der Waals surface area contributed by atoms with Crippen LogP contribution in [-0.4, -0.2) is 46.4 Å². The van der Waals surface area contributed by atoms with Crippen molar-refractivity contribution in [3.63, 3.8) is 0 Å². The fourth-order valence-corrected chi connectivity index (χ4v) is 5.07. The highest BCUT2D eigenvalue weighted by Crippen LogP contribution is 2.35. The summed E-state index contributed by atoms with van der Waals surface area (Å²) in [7, 11) is 0. The number of carbonyl (C=O) groups is 1. The molecule has 0 bridgehead atoms. The van der Waals surface area contributed by atoms with Crippen LogP contribution in [0.25, 0.3) is 0 Å². The van der Waals surface area contributed by atoms with Crippen molar-refractivity contribution in [3.05, 3.63) is 144 Å². The Kier molecular flexibility index (Phi) is 12.7. The van der Waals surface area contributed by atoms with Crippen LogP contribution in [0.5, 0.6) is 0 Å². The van der Waals surface area contributed by atoms with E-state index in [0.29, 0.717) is 0 Å². The van der Waals surface area contributed by atoms with Gasteiger partial charge in [0.2, 0.25) is 12.2 Å². The first kappa shape index (κ1) is 34.9. The smallest absolute Gasteiger partial charge is 0.338 e. The third-order valence-corrected chi connectivity index (χ3v) is 7.81. The second kappa shape index (κ2) is 17.1. The van der Waals surface area contributed by atoms with Gasteiger partial charge in [0.25, 0.3) is 3.79 Å². The lowest BCUT2D eigenvalue weighted by atomic mass is 9.97. The Bertz CT molecular complexity index is 1540. The van der Waals surface area contributed by atoms with Crippen molar-refractivity contribution in [1.82, 2.24) is 0 Å². The predicted octanol–water partition coefficient (Wildman–Crippen LogP) is 7.57. The van der Waals surface area contributed by atoms with Crippen LogP contribution in [0.15, 0.2) is 121 Å². The predicted molar refractivity (Wildman–Crippen MR) is 179 cm³/mol. The Morgan fingerprint density at radius 2 is 0.979 bits per heavy atom. The van der Waals surface area contributed by atoms with Crippen molar-refractivity contribution in [2.24, 2.45) is 0 Å². The number of ether oxygens (including phenoxy) is 6. The molecule has 0 unspecified atom stereocenters.